The van der Waals surface area contributed by atoms with Crippen molar-refractivity contribution in [3.05, 3.63) is 23.3 Å². The largest absolute Gasteiger partial charge is 0.496 e. The van der Waals surface area contributed by atoms with Crippen molar-refractivity contribution >= 4 is 12.4 Å². The minimum Gasteiger partial charge on any atom is -0.496 e. The fourth-order valence-electron chi connectivity index (χ4n) is 1.81. The lowest BCUT2D eigenvalue weighted by Crippen LogP contribution is -2.18. The van der Waals surface area contributed by atoms with Crippen molar-refractivity contribution in [2.45, 2.75) is 32.7 Å². The lowest BCUT2D eigenvalue weighted by Gasteiger charge is -2.15. The average molecular weight is 260 g/mol. The highest BCUT2D eigenvalue weighted by Gasteiger charge is 2.11. The number of hydrogen-bond donors (Lipinski definition) is 1. The van der Waals surface area contributed by atoms with Crippen molar-refractivity contribution in [2.75, 3.05) is 14.2 Å². The number of rotatable bonds is 5. The summed E-state index contributed by atoms with van der Waals surface area (Å²) in [6.45, 7) is 4.09. The summed E-state index contributed by atoms with van der Waals surface area (Å²) in [5, 5.41) is 0. The van der Waals surface area contributed by atoms with Crippen molar-refractivity contribution < 1.29 is 9.47 Å². The van der Waals surface area contributed by atoms with E-state index in [1.54, 1.807) is 14.2 Å². The van der Waals surface area contributed by atoms with Crippen LogP contribution in [0.2, 0.25) is 0 Å². The van der Waals surface area contributed by atoms with Gasteiger partial charge in [0.15, 0.2) is 0 Å². The van der Waals surface area contributed by atoms with Crippen LogP contribution >= 0.6 is 12.4 Å². The summed E-state index contributed by atoms with van der Waals surface area (Å²) in [6, 6.07) is 4.18. The van der Waals surface area contributed by atoms with E-state index < -0.39 is 0 Å². The van der Waals surface area contributed by atoms with Gasteiger partial charge in [-0.25, -0.2) is 0 Å². The molecule has 0 aliphatic heterocycles. The van der Waals surface area contributed by atoms with Crippen LogP contribution < -0.4 is 15.2 Å². The molecule has 0 saturated heterocycles. The van der Waals surface area contributed by atoms with E-state index in [9.17, 15) is 0 Å². The quantitative estimate of drug-likeness (QED) is 0.884. The molecular weight excluding hydrogens is 238 g/mol. The second kappa shape index (κ2) is 7.41. The molecule has 98 valence electrons. The van der Waals surface area contributed by atoms with E-state index in [2.05, 4.69) is 6.92 Å². The van der Waals surface area contributed by atoms with Crippen molar-refractivity contribution in [1.29, 1.82) is 0 Å². The molecule has 0 aliphatic carbocycles. The topological polar surface area (TPSA) is 44.5 Å². The summed E-state index contributed by atoms with van der Waals surface area (Å²) in [5.74, 6) is 1.81. The standard InChI is InChI=1S/C13H21NO2.ClH/c1-5-10-7-13(16-4)11(6-9(2)14)8-12(10)15-3;/h7-9H,5-6,14H2,1-4H3;1H/t9-;/m1./s1. The van der Waals surface area contributed by atoms with E-state index in [1.165, 1.54) is 0 Å². The maximum Gasteiger partial charge on any atom is 0.122 e. The van der Waals surface area contributed by atoms with Gasteiger partial charge < -0.3 is 15.2 Å². The Morgan fingerprint density at radius 1 is 1.12 bits per heavy atom. The van der Waals surface area contributed by atoms with Gasteiger partial charge in [-0.1, -0.05) is 6.92 Å². The molecule has 0 spiro atoms. The van der Waals surface area contributed by atoms with Gasteiger partial charge in [0.25, 0.3) is 0 Å². The summed E-state index contributed by atoms with van der Waals surface area (Å²) >= 11 is 0. The Morgan fingerprint density at radius 3 is 2.00 bits per heavy atom. The van der Waals surface area contributed by atoms with E-state index in [0.29, 0.717) is 0 Å². The number of benzene rings is 1. The molecule has 3 nitrogen and oxygen atoms in total. The Bertz CT molecular complexity index is 354. The highest BCUT2D eigenvalue weighted by Crippen LogP contribution is 2.29. The number of nitrogens with two attached hydrogens (primary N) is 1. The van der Waals surface area contributed by atoms with Crippen molar-refractivity contribution in [2.24, 2.45) is 5.73 Å². The zero-order valence-corrected chi connectivity index (χ0v) is 11.8. The molecule has 0 saturated carbocycles. The molecule has 0 heterocycles. The number of halogens is 1. The highest BCUT2D eigenvalue weighted by atomic mass is 35.5. The second-order valence-corrected chi connectivity index (χ2v) is 4.01. The zero-order valence-electron chi connectivity index (χ0n) is 10.9. The number of aryl methyl sites for hydroxylation is 1. The van der Waals surface area contributed by atoms with Crippen LogP contribution in [-0.2, 0) is 12.8 Å². The Balaban J connectivity index is 0.00000256. The molecule has 0 fully saturated rings. The fourth-order valence-corrected chi connectivity index (χ4v) is 1.81. The third kappa shape index (κ3) is 4.10. The van der Waals surface area contributed by atoms with Gasteiger partial charge in [0.2, 0.25) is 0 Å². The van der Waals surface area contributed by atoms with Crippen LogP contribution in [0.4, 0.5) is 0 Å². The molecule has 2 N–H and O–H groups in total. The molecule has 0 aliphatic rings. The second-order valence-electron chi connectivity index (χ2n) is 4.01. The first kappa shape index (κ1) is 16.1. The molecule has 1 rings (SSSR count). The van der Waals surface area contributed by atoms with E-state index in [4.69, 9.17) is 15.2 Å². The SMILES string of the molecule is CCc1cc(OC)c(C[C@@H](C)N)cc1OC.Cl. The first-order valence-corrected chi connectivity index (χ1v) is 5.61. The average Bonchev–Trinajstić information content (AvgIpc) is 2.27. The Morgan fingerprint density at radius 2 is 1.59 bits per heavy atom. The third-order valence-electron chi connectivity index (χ3n) is 2.61. The van der Waals surface area contributed by atoms with E-state index in [0.717, 1.165) is 35.5 Å². The van der Waals surface area contributed by atoms with E-state index in [1.807, 2.05) is 19.1 Å². The molecule has 17 heavy (non-hydrogen) atoms. The summed E-state index contributed by atoms with van der Waals surface area (Å²) in [4.78, 5) is 0. The summed E-state index contributed by atoms with van der Waals surface area (Å²) in [5.41, 5.74) is 8.08. The molecule has 1 atom stereocenters. The Labute approximate surface area is 110 Å². The summed E-state index contributed by atoms with van der Waals surface area (Å²) in [6.07, 6.45) is 1.72. The minimum absolute atomic E-state index is 0. The molecule has 0 unspecified atom stereocenters. The smallest absolute Gasteiger partial charge is 0.122 e. The normalized spacial score (nSPS) is 11.6. The first-order valence-electron chi connectivity index (χ1n) is 5.61. The van der Waals surface area contributed by atoms with Gasteiger partial charge in [0.05, 0.1) is 14.2 Å². The maximum absolute atomic E-state index is 5.81. The molecule has 0 bridgehead atoms. The molecule has 1 aromatic carbocycles. The molecule has 0 amide bonds. The van der Waals surface area contributed by atoms with Gasteiger partial charge in [-0.15, -0.1) is 12.4 Å². The summed E-state index contributed by atoms with van der Waals surface area (Å²) < 4.78 is 10.7. The molecule has 0 aromatic heterocycles. The van der Waals surface area contributed by atoms with Crippen LogP contribution in [0.25, 0.3) is 0 Å². The molecule has 1 aromatic rings. The van der Waals surface area contributed by atoms with Gasteiger partial charge in [0.1, 0.15) is 11.5 Å². The van der Waals surface area contributed by atoms with Crippen molar-refractivity contribution in [3.8, 4) is 11.5 Å². The molecule has 4 heteroatoms. The van der Waals surface area contributed by atoms with Crippen LogP contribution in [0, 0.1) is 0 Å². The minimum atomic E-state index is 0. The third-order valence-corrected chi connectivity index (χ3v) is 2.61. The predicted octanol–water partition coefficient (Wildman–Crippen LogP) is 2.58. The zero-order chi connectivity index (χ0) is 12.1. The lowest BCUT2D eigenvalue weighted by atomic mass is 10.0. The van der Waals surface area contributed by atoms with Gasteiger partial charge >= 0.3 is 0 Å². The predicted molar refractivity (Wildman–Crippen MR) is 73.5 cm³/mol. The van der Waals surface area contributed by atoms with Gasteiger partial charge in [-0.05, 0) is 43.0 Å². The number of hydrogen-bond acceptors (Lipinski definition) is 3. The van der Waals surface area contributed by atoms with E-state index in [-0.39, 0.29) is 18.4 Å². The number of methoxy groups -OCH3 is 2. The maximum atomic E-state index is 5.81. The first-order chi connectivity index (χ1) is 7.62. The van der Waals surface area contributed by atoms with E-state index >= 15 is 0 Å². The van der Waals surface area contributed by atoms with Crippen LogP contribution in [0.3, 0.4) is 0 Å². The van der Waals surface area contributed by atoms with Crippen molar-refractivity contribution in [3.63, 3.8) is 0 Å². The van der Waals surface area contributed by atoms with Gasteiger partial charge in [-0.3, -0.25) is 0 Å². The summed E-state index contributed by atoms with van der Waals surface area (Å²) in [7, 11) is 3.38. The molecular formula is C13H22ClNO2. The monoisotopic (exact) mass is 259 g/mol. The van der Waals surface area contributed by atoms with Gasteiger partial charge in [-0.2, -0.15) is 0 Å². The Hall–Kier alpha value is -0.930. The van der Waals surface area contributed by atoms with Crippen LogP contribution in [-0.4, -0.2) is 20.3 Å². The molecule has 0 radical (unpaired) electrons. The fraction of sp³-hybridized carbons (Fsp3) is 0.538. The number of ether oxygens (including phenoxy) is 2. The van der Waals surface area contributed by atoms with Crippen molar-refractivity contribution in [1.82, 2.24) is 0 Å². The van der Waals surface area contributed by atoms with Crippen LogP contribution in [0.15, 0.2) is 12.1 Å². The lowest BCUT2D eigenvalue weighted by molar-refractivity contribution is 0.394. The van der Waals surface area contributed by atoms with Gasteiger partial charge in [0, 0.05) is 6.04 Å². The van der Waals surface area contributed by atoms with Crippen LogP contribution in [0.1, 0.15) is 25.0 Å². The Kier molecular flexibility index (Phi) is 7.00. The highest BCUT2D eigenvalue weighted by molar-refractivity contribution is 5.85. The van der Waals surface area contributed by atoms with Crippen LogP contribution in [0.5, 0.6) is 11.5 Å².